The van der Waals surface area contributed by atoms with Crippen LogP contribution in [0.3, 0.4) is 0 Å². The van der Waals surface area contributed by atoms with Gasteiger partial charge in [-0.1, -0.05) is 49.6 Å². The molecule has 3 aromatic rings. The van der Waals surface area contributed by atoms with Crippen LogP contribution in [0, 0.1) is 11.3 Å². The summed E-state index contributed by atoms with van der Waals surface area (Å²) in [5, 5.41) is 16.4. The molecule has 2 aromatic carbocycles. The lowest BCUT2D eigenvalue weighted by Gasteiger charge is -2.41. The molecule has 4 rings (SSSR count). The Balaban J connectivity index is 1.44. The first-order chi connectivity index (χ1) is 17.7. The minimum Gasteiger partial charge on any atom is -0.484 e. The van der Waals surface area contributed by atoms with Crippen LogP contribution in [-0.2, 0) is 11.3 Å². The fourth-order valence-electron chi connectivity index (χ4n) is 4.78. The molecule has 1 aromatic heterocycles. The van der Waals surface area contributed by atoms with Crippen LogP contribution in [-0.4, -0.2) is 50.0 Å². The third kappa shape index (κ3) is 7.29. The Kier molecular flexibility index (Phi) is 8.43. The Hall–Kier alpha value is -3.46. The number of ether oxygens (including phenoxy) is 1. The minimum atomic E-state index is -0.335. The first-order valence-corrected chi connectivity index (χ1v) is 12.9. The maximum Gasteiger partial charge on any atom is 0.270 e. The van der Waals surface area contributed by atoms with Gasteiger partial charge in [-0.2, -0.15) is 5.21 Å². The highest BCUT2D eigenvalue weighted by molar-refractivity contribution is 6.30. The Morgan fingerprint density at radius 1 is 1.05 bits per heavy atom. The second-order valence-corrected chi connectivity index (χ2v) is 11.0. The van der Waals surface area contributed by atoms with Gasteiger partial charge in [-0.05, 0) is 84.2 Å². The van der Waals surface area contributed by atoms with E-state index in [2.05, 4.69) is 46.7 Å². The van der Waals surface area contributed by atoms with Gasteiger partial charge in [0.05, 0.1) is 0 Å². The number of nitrogens with zero attached hydrogens (tertiary/aromatic N) is 4. The van der Waals surface area contributed by atoms with Crippen LogP contribution in [0.4, 0.5) is 5.95 Å². The van der Waals surface area contributed by atoms with Crippen molar-refractivity contribution in [2.75, 3.05) is 11.9 Å². The molecule has 1 aliphatic carbocycles. The third-order valence-corrected chi connectivity index (χ3v) is 7.25. The summed E-state index contributed by atoms with van der Waals surface area (Å²) in [6.07, 6.45) is 4.09. The number of amides is 2. The number of carbonyl (C=O) groups is 2. The second-order valence-electron chi connectivity index (χ2n) is 10.5. The lowest BCUT2D eigenvalue weighted by molar-refractivity contribution is -0.137. The SMILES string of the molecule is CC(C)(C)C1CCC(N(Cc2ccc(C(=O)Nc3nn[nH]n3)cc2)C(=O)COc2ccc(Cl)cc2)CC1. The van der Waals surface area contributed by atoms with Crippen LogP contribution in [0.25, 0.3) is 0 Å². The molecule has 37 heavy (non-hydrogen) atoms. The summed E-state index contributed by atoms with van der Waals surface area (Å²) in [4.78, 5) is 27.8. The number of anilines is 1. The number of hydrogen-bond acceptors (Lipinski definition) is 6. The van der Waals surface area contributed by atoms with Crippen molar-refractivity contribution >= 4 is 29.4 Å². The molecule has 0 radical (unpaired) electrons. The van der Waals surface area contributed by atoms with Gasteiger partial charge in [-0.25, -0.2) is 0 Å². The van der Waals surface area contributed by atoms with E-state index in [-0.39, 0.29) is 35.8 Å². The average molecular weight is 525 g/mol. The molecule has 2 amide bonds. The molecule has 9 nitrogen and oxygen atoms in total. The molecule has 196 valence electrons. The zero-order valence-corrected chi connectivity index (χ0v) is 22.2. The molecule has 1 heterocycles. The summed E-state index contributed by atoms with van der Waals surface area (Å²) >= 11 is 5.96. The first-order valence-electron chi connectivity index (χ1n) is 12.5. The van der Waals surface area contributed by atoms with E-state index in [1.807, 2.05) is 17.0 Å². The van der Waals surface area contributed by atoms with Crippen molar-refractivity contribution in [2.24, 2.45) is 11.3 Å². The molecule has 0 aliphatic heterocycles. The van der Waals surface area contributed by atoms with Crippen molar-refractivity contribution in [2.45, 2.75) is 59.0 Å². The first kappa shape index (κ1) is 26.6. The Bertz CT molecular complexity index is 1170. The normalized spacial score (nSPS) is 17.7. The highest BCUT2D eigenvalue weighted by atomic mass is 35.5. The van der Waals surface area contributed by atoms with Gasteiger partial charge in [0.1, 0.15) is 5.75 Å². The van der Waals surface area contributed by atoms with E-state index in [0.717, 1.165) is 31.2 Å². The molecule has 1 fully saturated rings. The molecule has 0 saturated heterocycles. The Labute approximate surface area is 221 Å². The second kappa shape index (κ2) is 11.7. The number of tetrazole rings is 1. The number of benzene rings is 2. The third-order valence-electron chi connectivity index (χ3n) is 7.00. The number of rotatable bonds is 8. The molecule has 1 aliphatic rings. The number of nitrogens with one attached hydrogen (secondary N) is 2. The van der Waals surface area contributed by atoms with Gasteiger partial charge in [0.2, 0.25) is 0 Å². The van der Waals surface area contributed by atoms with Gasteiger partial charge in [0, 0.05) is 23.2 Å². The number of aromatic amines is 1. The maximum absolute atomic E-state index is 13.4. The van der Waals surface area contributed by atoms with Gasteiger partial charge >= 0.3 is 0 Å². The number of halogens is 1. The van der Waals surface area contributed by atoms with Gasteiger partial charge in [0.25, 0.3) is 17.8 Å². The summed E-state index contributed by atoms with van der Waals surface area (Å²) in [7, 11) is 0. The molecule has 0 bridgehead atoms. The van der Waals surface area contributed by atoms with Crippen molar-refractivity contribution in [3.8, 4) is 5.75 Å². The molecule has 0 atom stereocenters. The largest absolute Gasteiger partial charge is 0.484 e. The van der Waals surface area contributed by atoms with E-state index >= 15 is 0 Å². The molecule has 1 saturated carbocycles. The number of carbonyl (C=O) groups excluding carboxylic acids is 2. The van der Waals surface area contributed by atoms with Crippen LogP contribution < -0.4 is 10.1 Å². The van der Waals surface area contributed by atoms with Gasteiger partial charge in [-0.15, -0.1) is 5.10 Å². The van der Waals surface area contributed by atoms with E-state index in [0.29, 0.717) is 28.8 Å². The van der Waals surface area contributed by atoms with E-state index < -0.39 is 0 Å². The van der Waals surface area contributed by atoms with Crippen LogP contribution in [0.5, 0.6) is 5.75 Å². The molecular weight excluding hydrogens is 492 g/mol. The van der Waals surface area contributed by atoms with E-state index in [4.69, 9.17) is 16.3 Å². The molecule has 2 N–H and O–H groups in total. The fourth-order valence-corrected chi connectivity index (χ4v) is 4.91. The number of H-pyrrole nitrogens is 1. The van der Waals surface area contributed by atoms with Crippen molar-refractivity contribution in [3.05, 3.63) is 64.7 Å². The zero-order valence-electron chi connectivity index (χ0n) is 21.4. The van der Waals surface area contributed by atoms with E-state index in [1.165, 1.54) is 0 Å². The summed E-state index contributed by atoms with van der Waals surface area (Å²) in [6, 6.07) is 14.3. The van der Waals surface area contributed by atoms with Crippen molar-refractivity contribution in [3.63, 3.8) is 0 Å². The zero-order chi connectivity index (χ0) is 26.4. The topological polar surface area (TPSA) is 113 Å². The van der Waals surface area contributed by atoms with Gasteiger partial charge in [-0.3, -0.25) is 14.9 Å². The number of aromatic nitrogens is 4. The predicted octanol–water partition coefficient (Wildman–Crippen LogP) is 5.12. The van der Waals surface area contributed by atoms with E-state index in [9.17, 15) is 9.59 Å². The van der Waals surface area contributed by atoms with Crippen LogP contribution in [0.2, 0.25) is 5.02 Å². The summed E-state index contributed by atoms with van der Waals surface area (Å²) in [6.45, 7) is 7.26. The highest BCUT2D eigenvalue weighted by Gasteiger charge is 2.33. The quantitative estimate of drug-likeness (QED) is 0.423. The highest BCUT2D eigenvalue weighted by Crippen LogP contribution is 2.39. The minimum absolute atomic E-state index is 0.0496. The van der Waals surface area contributed by atoms with Crippen molar-refractivity contribution in [1.82, 2.24) is 25.5 Å². The van der Waals surface area contributed by atoms with Gasteiger partial charge in [0.15, 0.2) is 6.61 Å². The predicted molar refractivity (Wildman–Crippen MR) is 141 cm³/mol. The molecule has 10 heteroatoms. The number of hydrogen-bond donors (Lipinski definition) is 2. The standard InChI is InChI=1S/C27H33ClN6O3/c1-27(2,3)20-8-12-22(13-9-20)34(24(35)17-37-23-14-10-21(28)11-15-23)16-18-4-6-19(7-5-18)25(36)29-26-30-32-33-31-26/h4-7,10-11,14-15,20,22H,8-9,12-13,16-17H2,1-3H3,(H2,29,30,31,32,33,36). The van der Waals surface area contributed by atoms with Gasteiger partial charge < -0.3 is 9.64 Å². The van der Waals surface area contributed by atoms with Crippen LogP contribution in [0.15, 0.2) is 48.5 Å². The smallest absolute Gasteiger partial charge is 0.270 e. The molecule has 0 unspecified atom stereocenters. The van der Waals surface area contributed by atoms with Crippen LogP contribution in [0.1, 0.15) is 62.4 Å². The fraction of sp³-hybridized carbons (Fsp3) is 0.444. The summed E-state index contributed by atoms with van der Waals surface area (Å²) in [5.74, 6) is 0.956. The lowest BCUT2D eigenvalue weighted by atomic mass is 9.71. The monoisotopic (exact) mass is 524 g/mol. The van der Waals surface area contributed by atoms with Crippen molar-refractivity contribution in [1.29, 1.82) is 0 Å². The Morgan fingerprint density at radius 2 is 1.73 bits per heavy atom. The van der Waals surface area contributed by atoms with Crippen molar-refractivity contribution < 1.29 is 14.3 Å². The van der Waals surface area contributed by atoms with Crippen LogP contribution >= 0.6 is 11.6 Å². The van der Waals surface area contributed by atoms with E-state index in [1.54, 1.807) is 36.4 Å². The summed E-state index contributed by atoms with van der Waals surface area (Å²) in [5.41, 5.74) is 1.66. The molecule has 0 spiro atoms. The maximum atomic E-state index is 13.4. The summed E-state index contributed by atoms with van der Waals surface area (Å²) < 4.78 is 5.79. The Morgan fingerprint density at radius 3 is 2.32 bits per heavy atom. The molecular formula is C27H33ClN6O3. The lowest BCUT2D eigenvalue weighted by Crippen LogP contribution is -2.45. The average Bonchev–Trinajstić information content (AvgIpc) is 3.40.